The van der Waals surface area contributed by atoms with Crippen LogP contribution < -0.4 is 9.47 Å². The van der Waals surface area contributed by atoms with E-state index >= 15 is 0 Å². The SMILES string of the molecule is COc1cc(CN2CC(C=O)C2)ccc1OCc1ccc(F)cc1. The summed E-state index contributed by atoms with van der Waals surface area (Å²) in [6, 6.07) is 12.1. The minimum Gasteiger partial charge on any atom is -0.493 e. The van der Waals surface area contributed by atoms with Gasteiger partial charge in [0.2, 0.25) is 0 Å². The molecule has 0 radical (unpaired) electrons. The van der Waals surface area contributed by atoms with Crippen LogP contribution in [-0.4, -0.2) is 31.4 Å². The van der Waals surface area contributed by atoms with E-state index in [2.05, 4.69) is 4.90 Å². The van der Waals surface area contributed by atoms with Crippen LogP contribution in [0.1, 0.15) is 11.1 Å². The predicted molar refractivity (Wildman–Crippen MR) is 88.6 cm³/mol. The van der Waals surface area contributed by atoms with Crippen LogP contribution in [0.25, 0.3) is 0 Å². The Kier molecular flexibility index (Phi) is 5.11. The van der Waals surface area contributed by atoms with Gasteiger partial charge in [0.25, 0.3) is 0 Å². The van der Waals surface area contributed by atoms with Gasteiger partial charge in [0.15, 0.2) is 11.5 Å². The molecule has 4 nitrogen and oxygen atoms in total. The van der Waals surface area contributed by atoms with Gasteiger partial charge in [-0.25, -0.2) is 4.39 Å². The molecule has 1 heterocycles. The number of halogens is 1. The normalized spacial score (nSPS) is 14.9. The van der Waals surface area contributed by atoms with Gasteiger partial charge in [-0.05, 0) is 35.4 Å². The lowest BCUT2D eigenvalue weighted by Gasteiger charge is -2.36. The van der Waals surface area contributed by atoms with E-state index in [-0.39, 0.29) is 11.7 Å². The van der Waals surface area contributed by atoms with Crippen LogP contribution in [0.4, 0.5) is 4.39 Å². The molecule has 0 aliphatic carbocycles. The standard InChI is InChI=1S/C19H20FNO3/c1-23-19-8-15(9-21-10-16(11-21)12-22)4-7-18(19)24-13-14-2-5-17(20)6-3-14/h2-8,12,16H,9-11,13H2,1H3. The Bertz CT molecular complexity index is 696. The molecule has 0 saturated carbocycles. The van der Waals surface area contributed by atoms with E-state index in [0.717, 1.165) is 37.0 Å². The molecule has 0 aromatic heterocycles. The Balaban J connectivity index is 1.61. The molecule has 126 valence electrons. The highest BCUT2D eigenvalue weighted by atomic mass is 19.1. The molecule has 1 fully saturated rings. The minimum absolute atomic E-state index is 0.171. The van der Waals surface area contributed by atoms with E-state index < -0.39 is 0 Å². The maximum absolute atomic E-state index is 12.9. The largest absolute Gasteiger partial charge is 0.493 e. The van der Waals surface area contributed by atoms with Gasteiger partial charge in [0.1, 0.15) is 18.7 Å². The molecule has 1 aliphatic heterocycles. The van der Waals surface area contributed by atoms with Gasteiger partial charge in [0, 0.05) is 25.6 Å². The Hall–Kier alpha value is -2.40. The summed E-state index contributed by atoms with van der Waals surface area (Å²) in [7, 11) is 1.61. The number of carbonyl (C=O) groups is 1. The zero-order chi connectivity index (χ0) is 16.9. The highest BCUT2D eigenvalue weighted by molar-refractivity contribution is 5.55. The smallest absolute Gasteiger partial charge is 0.161 e. The average Bonchev–Trinajstić information content (AvgIpc) is 2.57. The quantitative estimate of drug-likeness (QED) is 0.732. The first-order valence-corrected chi connectivity index (χ1v) is 7.89. The van der Waals surface area contributed by atoms with Gasteiger partial charge in [-0.1, -0.05) is 18.2 Å². The van der Waals surface area contributed by atoms with Gasteiger partial charge in [-0.3, -0.25) is 4.90 Å². The summed E-state index contributed by atoms with van der Waals surface area (Å²) < 4.78 is 24.1. The number of hydrogen-bond acceptors (Lipinski definition) is 4. The second-order valence-electron chi connectivity index (χ2n) is 5.99. The lowest BCUT2D eigenvalue weighted by Crippen LogP contribution is -2.46. The second kappa shape index (κ2) is 7.45. The van der Waals surface area contributed by atoms with Crippen molar-refractivity contribution in [3.8, 4) is 11.5 Å². The summed E-state index contributed by atoms with van der Waals surface area (Å²) in [5.74, 6) is 1.23. The van der Waals surface area contributed by atoms with Crippen molar-refractivity contribution in [3.05, 3.63) is 59.4 Å². The first-order valence-electron chi connectivity index (χ1n) is 7.89. The number of carbonyl (C=O) groups excluding carboxylic acids is 1. The molecule has 0 unspecified atom stereocenters. The van der Waals surface area contributed by atoms with Crippen molar-refractivity contribution in [1.29, 1.82) is 0 Å². The van der Waals surface area contributed by atoms with Gasteiger partial charge in [0.05, 0.1) is 7.11 Å². The first kappa shape index (κ1) is 16.5. The molecule has 0 spiro atoms. The Labute approximate surface area is 140 Å². The zero-order valence-electron chi connectivity index (χ0n) is 13.6. The van der Waals surface area contributed by atoms with Gasteiger partial charge >= 0.3 is 0 Å². The number of methoxy groups -OCH3 is 1. The van der Waals surface area contributed by atoms with Crippen molar-refractivity contribution >= 4 is 6.29 Å². The Morgan fingerprint density at radius 2 is 1.83 bits per heavy atom. The van der Waals surface area contributed by atoms with Crippen molar-refractivity contribution in [1.82, 2.24) is 4.90 Å². The summed E-state index contributed by atoms with van der Waals surface area (Å²) in [4.78, 5) is 12.9. The van der Waals surface area contributed by atoms with Crippen LogP contribution >= 0.6 is 0 Å². The van der Waals surface area contributed by atoms with Gasteiger partial charge in [-0.15, -0.1) is 0 Å². The third-order valence-electron chi connectivity index (χ3n) is 4.12. The summed E-state index contributed by atoms with van der Waals surface area (Å²) >= 11 is 0. The second-order valence-corrected chi connectivity index (χ2v) is 5.99. The third kappa shape index (κ3) is 3.92. The van der Waals surface area contributed by atoms with Crippen molar-refractivity contribution < 1.29 is 18.7 Å². The van der Waals surface area contributed by atoms with Gasteiger partial charge in [-0.2, -0.15) is 0 Å². The zero-order valence-corrected chi connectivity index (χ0v) is 13.6. The van der Waals surface area contributed by atoms with Crippen LogP contribution in [0.15, 0.2) is 42.5 Å². The van der Waals surface area contributed by atoms with Crippen molar-refractivity contribution in [2.45, 2.75) is 13.2 Å². The number of rotatable bonds is 7. The molecule has 0 atom stereocenters. The lowest BCUT2D eigenvalue weighted by atomic mass is 10.0. The van der Waals surface area contributed by atoms with Gasteiger partial charge < -0.3 is 14.3 Å². The van der Waals surface area contributed by atoms with Crippen LogP contribution in [0.2, 0.25) is 0 Å². The molecule has 1 saturated heterocycles. The fourth-order valence-corrected chi connectivity index (χ4v) is 2.75. The number of hydrogen-bond donors (Lipinski definition) is 0. The van der Waals surface area contributed by atoms with Crippen LogP contribution in [0.5, 0.6) is 11.5 Å². The molecular weight excluding hydrogens is 309 g/mol. The van der Waals surface area contributed by atoms with Crippen LogP contribution in [-0.2, 0) is 17.9 Å². The van der Waals surface area contributed by atoms with Crippen molar-refractivity contribution in [2.24, 2.45) is 5.92 Å². The summed E-state index contributed by atoms with van der Waals surface area (Å²) in [5, 5.41) is 0. The van der Waals surface area contributed by atoms with E-state index in [1.165, 1.54) is 12.1 Å². The molecule has 5 heteroatoms. The van der Waals surface area contributed by atoms with E-state index in [4.69, 9.17) is 9.47 Å². The van der Waals surface area contributed by atoms with Crippen molar-refractivity contribution in [3.63, 3.8) is 0 Å². The third-order valence-corrected chi connectivity index (χ3v) is 4.12. The molecular formula is C19H20FNO3. The molecule has 0 amide bonds. The highest BCUT2D eigenvalue weighted by Gasteiger charge is 2.25. The first-order chi connectivity index (χ1) is 11.7. The number of likely N-dealkylation sites (tertiary alicyclic amines) is 1. The van der Waals surface area contributed by atoms with E-state index in [1.807, 2.05) is 18.2 Å². The minimum atomic E-state index is -0.261. The fraction of sp³-hybridized carbons (Fsp3) is 0.316. The maximum atomic E-state index is 12.9. The lowest BCUT2D eigenvalue weighted by molar-refractivity contribution is -0.115. The number of aldehydes is 1. The molecule has 2 aromatic carbocycles. The molecule has 2 aromatic rings. The topological polar surface area (TPSA) is 38.8 Å². The Morgan fingerprint density at radius 1 is 1.12 bits per heavy atom. The summed E-state index contributed by atoms with van der Waals surface area (Å²) in [5.41, 5.74) is 2.01. The molecule has 1 aliphatic rings. The molecule has 3 rings (SSSR count). The van der Waals surface area contributed by atoms with E-state index in [1.54, 1.807) is 19.2 Å². The maximum Gasteiger partial charge on any atom is 0.161 e. The van der Waals surface area contributed by atoms with Crippen molar-refractivity contribution in [2.75, 3.05) is 20.2 Å². The number of benzene rings is 2. The number of ether oxygens (including phenoxy) is 2. The number of nitrogens with zero attached hydrogens (tertiary/aromatic N) is 1. The molecule has 24 heavy (non-hydrogen) atoms. The molecule has 0 bridgehead atoms. The average molecular weight is 329 g/mol. The van der Waals surface area contributed by atoms with Crippen LogP contribution in [0.3, 0.4) is 0 Å². The summed E-state index contributed by atoms with van der Waals surface area (Å²) in [6.45, 7) is 2.77. The highest BCUT2D eigenvalue weighted by Crippen LogP contribution is 2.30. The monoisotopic (exact) mass is 329 g/mol. The predicted octanol–water partition coefficient (Wildman–Crippen LogP) is 3.04. The van der Waals surface area contributed by atoms with E-state index in [0.29, 0.717) is 18.1 Å². The molecule has 0 N–H and O–H groups in total. The Morgan fingerprint density at radius 3 is 2.50 bits per heavy atom. The van der Waals surface area contributed by atoms with E-state index in [9.17, 15) is 9.18 Å². The summed E-state index contributed by atoms with van der Waals surface area (Å²) in [6.07, 6.45) is 1.02. The fourth-order valence-electron chi connectivity index (χ4n) is 2.75. The van der Waals surface area contributed by atoms with Crippen LogP contribution in [0, 0.1) is 11.7 Å².